The maximum absolute atomic E-state index is 12.4. The van der Waals surface area contributed by atoms with E-state index in [-0.39, 0.29) is 11.3 Å². The topological polar surface area (TPSA) is 99.1 Å². The Kier molecular flexibility index (Phi) is 5.95. The second-order valence-corrected chi connectivity index (χ2v) is 8.70. The largest absolute Gasteiger partial charge is 0.457 e. The van der Waals surface area contributed by atoms with E-state index in [9.17, 15) is 13.8 Å². The summed E-state index contributed by atoms with van der Waals surface area (Å²) in [6.07, 6.45) is 0.856. The number of rotatable bonds is 7. The molecular formula is C17H28O7S. The van der Waals surface area contributed by atoms with E-state index in [0.29, 0.717) is 6.42 Å². The van der Waals surface area contributed by atoms with Gasteiger partial charge in [0.15, 0.2) is 6.10 Å². The zero-order chi connectivity index (χ0) is 19.0. The highest BCUT2D eigenvalue weighted by Crippen LogP contribution is 2.56. The SMILES string of the molecule is CCC(C)(C)C(=O)OC(C)C(=O)OC1C2CCC(C)(C2)C1OS(=O)O. The molecule has 2 rings (SSSR count). The number of hydrogen-bond acceptors (Lipinski definition) is 6. The van der Waals surface area contributed by atoms with Crippen LogP contribution in [-0.2, 0) is 34.6 Å². The minimum Gasteiger partial charge on any atom is -0.457 e. The van der Waals surface area contributed by atoms with E-state index >= 15 is 0 Å². The summed E-state index contributed by atoms with van der Waals surface area (Å²) in [6.45, 7) is 8.83. The number of ether oxygens (including phenoxy) is 2. The van der Waals surface area contributed by atoms with Gasteiger partial charge in [0, 0.05) is 0 Å². The maximum atomic E-state index is 12.4. The summed E-state index contributed by atoms with van der Waals surface area (Å²) >= 11 is -2.43. The van der Waals surface area contributed by atoms with E-state index in [1.54, 1.807) is 13.8 Å². The zero-order valence-electron chi connectivity index (χ0n) is 15.4. The molecule has 1 N–H and O–H groups in total. The van der Waals surface area contributed by atoms with Crippen LogP contribution in [0.3, 0.4) is 0 Å². The average Bonchev–Trinajstić information content (AvgIpc) is 3.02. The molecule has 0 saturated heterocycles. The van der Waals surface area contributed by atoms with Crippen molar-refractivity contribution in [2.75, 3.05) is 0 Å². The first-order valence-electron chi connectivity index (χ1n) is 8.70. The van der Waals surface area contributed by atoms with Crippen LogP contribution >= 0.6 is 0 Å². The Labute approximate surface area is 151 Å². The van der Waals surface area contributed by atoms with Crippen molar-refractivity contribution in [2.24, 2.45) is 16.7 Å². The first-order chi connectivity index (χ1) is 11.5. The molecular weight excluding hydrogens is 348 g/mol. The van der Waals surface area contributed by atoms with Crippen molar-refractivity contribution in [2.45, 2.75) is 78.6 Å². The molecule has 0 spiro atoms. The summed E-state index contributed by atoms with van der Waals surface area (Å²) in [5, 5.41) is 0. The van der Waals surface area contributed by atoms with E-state index in [1.165, 1.54) is 6.92 Å². The lowest BCUT2D eigenvalue weighted by atomic mass is 9.83. The van der Waals surface area contributed by atoms with Crippen LogP contribution in [-0.4, -0.2) is 39.0 Å². The standard InChI is InChI=1S/C17H28O7S/c1-6-16(3,4)15(19)22-10(2)14(18)23-12-11-7-8-17(5,9-11)13(12)24-25(20)21/h10-13H,6-9H2,1-5H3,(H,20,21). The van der Waals surface area contributed by atoms with Gasteiger partial charge in [0.2, 0.25) is 0 Å². The Balaban J connectivity index is 2.01. The van der Waals surface area contributed by atoms with Gasteiger partial charge in [-0.2, -0.15) is 4.21 Å². The van der Waals surface area contributed by atoms with Gasteiger partial charge in [0.1, 0.15) is 12.2 Å². The Bertz CT molecular complexity index is 561. The highest BCUT2D eigenvalue weighted by Gasteiger charge is 2.59. The van der Waals surface area contributed by atoms with Crippen LogP contribution in [0.15, 0.2) is 0 Å². The lowest BCUT2D eigenvalue weighted by Crippen LogP contribution is -2.45. The molecule has 0 aliphatic heterocycles. The van der Waals surface area contributed by atoms with Crippen LogP contribution in [0.25, 0.3) is 0 Å². The lowest BCUT2D eigenvalue weighted by Gasteiger charge is -2.35. The second-order valence-electron chi connectivity index (χ2n) is 8.08. The van der Waals surface area contributed by atoms with Crippen molar-refractivity contribution in [1.29, 1.82) is 0 Å². The van der Waals surface area contributed by atoms with E-state index in [1.807, 2.05) is 13.8 Å². The van der Waals surface area contributed by atoms with Gasteiger partial charge in [0.05, 0.1) is 5.41 Å². The van der Waals surface area contributed by atoms with Crippen molar-refractivity contribution in [1.82, 2.24) is 0 Å². The summed E-state index contributed by atoms with van der Waals surface area (Å²) in [7, 11) is 0. The number of fused-ring (bicyclic) bond motifs is 2. The van der Waals surface area contributed by atoms with Crippen LogP contribution in [0.2, 0.25) is 0 Å². The molecule has 8 heteroatoms. The molecule has 0 aromatic carbocycles. The highest BCUT2D eigenvalue weighted by atomic mass is 32.2. The van der Waals surface area contributed by atoms with Crippen molar-refractivity contribution in [3.63, 3.8) is 0 Å². The van der Waals surface area contributed by atoms with E-state index < -0.39 is 47.0 Å². The molecule has 6 unspecified atom stereocenters. The predicted molar refractivity (Wildman–Crippen MR) is 90.6 cm³/mol. The van der Waals surface area contributed by atoms with Gasteiger partial charge in [-0.3, -0.25) is 13.5 Å². The van der Waals surface area contributed by atoms with E-state index in [4.69, 9.17) is 18.2 Å². The molecule has 25 heavy (non-hydrogen) atoms. The van der Waals surface area contributed by atoms with Crippen molar-refractivity contribution < 1.29 is 32.0 Å². The predicted octanol–water partition coefficient (Wildman–Crippen LogP) is 2.61. The van der Waals surface area contributed by atoms with E-state index in [0.717, 1.165) is 19.3 Å². The summed E-state index contributed by atoms with van der Waals surface area (Å²) in [5.74, 6) is -1.01. The molecule has 0 amide bonds. The minimum absolute atomic E-state index is 0.0949. The molecule has 7 nitrogen and oxygen atoms in total. The van der Waals surface area contributed by atoms with Crippen LogP contribution in [0.4, 0.5) is 0 Å². The monoisotopic (exact) mass is 376 g/mol. The van der Waals surface area contributed by atoms with Gasteiger partial charge >= 0.3 is 23.3 Å². The fourth-order valence-corrected chi connectivity index (χ4v) is 4.18. The molecule has 144 valence electrons. The van der Waals surface area contributed by atoms with Crippen LogP contribution in [0.1, 0.15) is 60.3 Å². The van der Waals surface area contributed by atoms with Crippen molar-refractivity contribution in [3.8, 4) is 0 Å². The molecule has 0 aromatic heterocycles. The molecule has 2 bridgehead atoms. The maximum Gasteiger partial charge on any atom is 0.347 e. The summed E-state index contributed by atoms with van der Waals surface area (Å²) in [4.78, 5) is 24.5. The number of carbonyl (C=O) groups excluding carboxylic acids is 2. The second kappa shape index (κ2) is 7.32. The number of carbonyl (C=O) groups is 2. The molecule has 2 aliphatic rings. The van der Waals surface area contributed by atoms with Gasteiger partial charge in [0.25, 0.3) is 0 Å². The molecule has 2 fully saturated rings. The molecule has 6 atom stereocenters. The fourth-order valence-electron chi connectivity index (χ4n) is 3.66. The van der Waals surface area contributed by atoms with Gasteiger partial charge in [-0.05, 0) is 57.8 Å². The lowest BCUT2D eigenvalue weighted by molar-refractivity contribution is -0.180. The Morgan fingerprint density at radius 3 is 2.60 bits per heavy atom. The van der Waals surface area contributed by atoms with Gasteiger partial charge in [-0.15, -0.1) is 0 Å². The van der Waals surface area contributed by atoms with Crippen LogP contribution in [0, 0.1) is 16.7 Å². The fraction of sp³-hybridized carbons (Fsp3) is 0.882. The highest BCUT2D eigenvalue weighted by molar-refractivity contribution is 7.74. The molecule has 2 saturated carbocycles. The molecule has 0 radical (unpaired) electrons. The summed E-state index contributed by atoms with van der Waals surface area (Å²) < 4.78 is 36.1. The Hall–Kier alpha value is -0.990. The van der Waals surface area contributed by atoms with Crippen molar-refractivity contribution in [3.05, 3.63) is 0 Å². The molecule has 0 heterocycles. The summed E-state index contributed by atoms with van der Waals surface area (Å²) in [6, 6.07) is 0. The Morgan fingerprint density at radius 1 is 1.40 bits per heavy atom. The zero-order valence-corrected chi connectivity index (χ0v) is 16.3. The van der Waals surface area contributed by atoms with Crippen LogP contribution in [0.5, 0.6) is 0 Å². The summed E-state index contributed by atoms with van der Waals surface area (Å²) in [5.41, 5.74) is -0.952. The van der Waals surface area contributed by atoms with Crippen LogP contribution < -0.4 is 0 Å². The van der Waals surface area contributed by atoms with E-state index in [2.05, 4.69) is 0 Å². The third kappa shape index (κ3) is 4.23. The normalized spacial score (nSPS) is 33.8. The average molecular weight is 376 g/mol. The first kappa shape index (κ1) is 20.3. The number of hydrogen-bond donors (Lipinski definition) is 1. The third-order valence-corrected chi connectivity index (χ3v) is 6.13. The smallest absolute Gasteiger partial charge is 0.347 e. The molecule has 2 aliphatic carbocycles. The van der Waals surface area contributed by atoms with Crippen molar-refractivity contribution >= 4 is 23.3 Å². The van der Waals surface area contributed by atoms with Gasteiger partial charge < -0.3 is 9.47 Å². The third-order valence-electron chi connectivity index (χ3n) is 5.76. The number of esters is 2. The minimum atomic E-state index is -2.43. The Morgan fingerprint density at radius 2 is 2.04 bits per heavy atom. The van der Waals surface area contributed by atoms with Gasteiger partial charge in [-0.1, -0.05) is 13.8 Å². The quantitative estimate of drug-likeness (QED) is 0.538. The molecule has 0 aromatic rings. The first-order valence-corrected chi connectivity index (χ1v) is 9.73. The van der Waals surface area contributed by atoms with Gasteiger partial charge in [-0.25, -0.2) is 4.79 Å².